The van der Waals surface area contributed by atoms with Gasteiger partial charge in [-0.2, -0.15) is 0 Å². The maximum atomic E-state index is 13.3. The van der Waals surface area contributed by atoms with Gasteiger partial charge in [-0.3, -0.25) is 14.5 Å². The summed E-state index contributed by atoms with van der Waals surface area (Å²) in [6, 6.07) is 8.49. The number of hydrogen-bond donors (Lipinski definition) is 1. The van der Waals surface area contributed by atoms with Crippen LogP contribution < -0.4 is 0 Å². The van der Waals surface area contributed by atoms with Crippen molar-refractivity contribution in [2.24, 2.45) is 5.41 Å². The molecule has 1 saturated carbocycles. The summed E-state index contributed by atoms with van der Waals surface area (Å²) in [5.74, 6) is -0.189. The van der Waals surface area contributed by atoms with Gasteiger partial charge in [-0.25, -0.2) is 4.79 Å². The number of β-amino-alcohol motifs (C(OH)–C–C–N with tert-alkyl or cyclic N) is 1. The van der Waals surface area contributed by atoms with Crippen LogP contribution in [-0.4, -0.2) is 87.9 Å². The van der Waals surface area contributed by atoms with Crippen LogP contribution in [0.2, 0.25) is 0 Å². The van der Waals surface area contributed by atoms with Crippen LogP contribution in [0.15, 0.2) is 30.3 Å². The van der Waals surface area contributed by atoms with E-state index < -0.39 is 24.0 Å². The minimum absolute atomic E-state index is 0.0109. The quantitative estimate of drug-likeness (QED) is 0.686. The summed E-state index contributed by atoms with van der Waals surface area (Å²) in [7, 11) is 0. The Morgan fingerprint density at radius 2 is 1.94 bits per heavy atom. The monoisotopic (exact) mass is 485 g/mol. The molecule has 4 aliphatic rings. The Kier molecular flexibility index (Phi) is 6.25. The second-order valence-electron chi connectivity index (χ2n) is 10.7. The second-order valence-corrected chi connectivity index (χ2v) is 10.7. The van der Waals surface area contributed by atoms with Crippen molar-refractivity contribution < 1.29 is 29.0 Å². The molecule has 3 saturated heterocycles. The highest BCUT2D eigenvalue weighted by Gasteiger charge is 2.55. The normalized spacial score (nSPS) is 31.5. The first-order valence-corrected chi connectivity index (χ1v) is 12.6. The molecule has 190 valence electrons. The Bertz CT molecular complexity index is 983. The highest BCUT2D eigenvalue weighted by Crippen LogP contribution is 2.53. The van der Waals surface area contributed by atoms with Crippen molar-refractivity contribution in [3.63, 3.8) is 0 Å². The Morgan fingerprint density at radius 3 is 2.63 bits per heavy atom. The fourth-order valence-electron chi connectivity index (χ4n) is 5.80. The third-order valence-electron chi connectivity index (χ3n) is 8.34. The number of benzene rings is 1. The van der Waals surface area contributed by atoms with Gasteiger partial charge in [-0.1, -0.05) is 30.3 Å². The molecule has 1 aliphatic carbocycles. The fourth-order valence-corrected chi connectivity index (χ4v) is 5.80. The predicted molar refractivity (Wildman–Crippen MR) is 126 cm³/mol. The number of rotatable bonds is 5. The number of carbonyl (C=O) groups excluding carboxylic acids is 3. The molecule has 9 nitrogen and oxygen atoms in total. The zero-order valence-electron chi connectivity index (χ0n) is 20.5. The Morgan fingerprint density at radius 1 is 1.20 bits per heavy atom. The average Bonchev–Trinajstić information content (AvgIpc) is 3.56. The number of piperazine rings is 1. The van der Waals surface area contributed by atoms with Crippen LogP contribution in [0.1, 0.15) is 51.5 Å². The molecule has 35 heavy (non-hydrogen) atoms. The topological polar surface area (TPSA) is 99.6 Å². The fraction of sp³-hybridized carbons (Fsp3) is 0.654. The van der Waals surface area contributed by atoms with Crippen LogP contribution in [0.5, 0.6) is 0 Å². The third kappa shape index (κ3) is 4.51. The Balaban J connectivity index is 1.17. The number of piperidine rings is 1. The highest BCUT2D eigenvalue weighted by molar-refractivity contribution is 5.88. The van der Waals surface area contributed by atoms with Gasteiger partial charge in [-0.05, 0) is 50.5 Å². The third-order valence-corrected chi connectivity index (χ3v) is 8.34. The van der Waals surface area contributed by atoms with Gasteiger partial charge in [0.25, 0.3) is 0 Å². The summed E-state index contributed by atoms with van der Waals surface area (Å²) in [5.41, 5.74) is -0.0227. The number of nitrogens with zero attached hydrogens (tertiary/aromatic N) is 3. The van der Waals surface area contributed by atoms with E-state index in [1.54, 1.807) is 16.7 Å². The molecule has 0 radical (unpaired) electrons. The zero-order valence-corrected chi connectivity index (χ0v) is 20.5. The molecule has 0 aromatic heterocycles. The Hall–Kier alpha value is -2.65. The summed E-state index contributed by atoms with van der Waals surface area (Å²) in [5, 5.41) is 10.4. The highest BCUT2D eigenvalue weighted by atomic mass is 16.6. The van der Waals surface area contributed by atoms with E-state index in [9.17, 15) is 19.5 Å². The molecule has 2 unspecified atom stereocenters. The summed E-state index contributed by atoms with van der Waals surface area (Å²) < 4.78 is 11.5. The minimum Gasteiger partial charge on any atom is -0.445 e. The maximum absolute atomic E-state index is 13.3. The standard InChI is InChI=1S/C26H35N3O6/c1-18-23(32)29-20(8-9-22(31)27-13-12-26(10-11-26)21(30)14-27)16-35-25(29,2)17-28(18)24(33)34-15-19-6-4-3-5-7-19/h3-7,18,20-21,30H,8-17H2,1-2H3/t18-,20-,21?,25?/m0/s1. The molecule has 1 N–H and O–H groups in total. The average molecular weight is 486 g/mol. The first-order valence-electron chi connectivity index (χ1n) is 12.6. The number of likely N-dealkylation sites (tertiary alicyclic amines) is 1. The lowest BCUT2D eigenvalue weighted by molar-refractivity contribution is -0.170. The predicted octanol–water partition coefficient (Wildman–Crippen LogP) is 2.12. The second kappa shape index (κ2) is 9.09. The molecular weight excluding hydrogens is 450 g/mol. The molecule has 1 spiro atoms. The molecule has 4 atom stereocenters. The molecule has 1 aromatic rings. The van der Waals surface area contributed by atoms with Gasteiger partial charge >= 0.3 is 6.09 Å². The van der Waals surface area contributed by atoms with E-state index in [0.29, 0.717) is 32.5 Å². The van der Waals surface area contributed by atoms with Crippen LogP contribution in [0.25, 0.3) is 0 Å². The smallest absolute Gasteiger partial charge is 0.410 e. The van der Waals surface area contributed by atoms with Gasteiger partial charge in [0, 0.05) is 19.5 Å². The lowest BCUT2D eigenvalue weighted by Gasteiger charge is -2.47. The number of aliphatic hydroxyl groups is 1. The van der Waals surface area contributed by atoms with E-state index >= 15 is 0 Å². The molecule has 3 heterocycles. The zero-order chi connectivity index (χ0) is 24.8. The van der Waals surface area contributed by atoms with Crippen molar-refractivity contribution in [1.29, 1.82) is 0 Å². The molecular formula is C26H35N3O6. The maximum Gasteiger partial charge on any atom is 0.410 e. The van der Waals surface area contributed by atoms with Crippen LogP contribution >= 0.6 is 0 Å². The molecule has 9 heteroatoms. The number of carbonyl (C=O) groups is 3. The van der Waals surface area contributed by atoms with Crippen LogP contribution in [0.3, 0.4) is 0 Å². The van der Waals surface area contributed by atoms with Gasteiger partial charge in [0.05, 0.1) is 25.3 Å². The van der Waals surface area contributed by atoms with Gasteiger partial charge in [0.2, 0.25) is 11.8 Å². The SMILES string of the molecule is C[C@H]1C(=O)N2[C@@H](CCC(=O)N3CCC4(CC4)C(O)C3)COC2(C)CN1C(=O)OCc1ccccc1. The van der Waals surface area contributed by atoms with E-state index in [1.165, 1.54) is 4.90 Å². The van der Waals surface area contributed by atoms with Crippen LogP contribution in [0, 0.1) is 5.41 Å². The largest absolute Gasteiger partial charge is 0.445 e. The molecule has 3 amide bonds. The number of amides is 3. The van der Waals surface area contributed by atoms with Crippen molar-refractivity contribution in [3.05, 3.63) is 35.9 Å². The number of hydrogen-bond acceptors (Lipinski definition) is 6. The van der Waals surface area contributed by atoms with Crippen LogP contribution in [-0.2, 0) is 25.7 Å². The molecule has 4 fully saturated rings. The summed E-state index contributed by atoms with van der Waals surface area (Å²) in [6.07, 6.45) is 2.78. The number of fused-ring (bicyclic) bond motifs is 1. The van der Waals surface area contributed by atoms with Crippen molar-refractivity contribution in [2.45, 2.75) is 76.5 Å². The summed E-state index contributed by atoms with van der Waals surface area (Å²) in [4.78, 5) is 43.9. The van der Waals surface area contributed by atoms with Gasteiger partial charge in [-0.15, -0.1) is 0 Å². The lowest BCUT2D eigenvalue weighted by Crippen LogP contribution is -2.67. The molecule has 3 aliphatic heterocycles. The first kappa shape index (κ1) is 24.1. The molecule has 0 bridgehead atoms. The van der Waals surface area contributed by atoms with Gasteiger partial charge < -0.3 is 24.4 Å². The van der Waals surface area contributed by atoms with E-state index in [2.05, 4.69) is 0 Å². The van der Waals surface area contributed by atoms with Gasteiger partial charge in [0.1, 0.15) is 12.6 Å². The van der Waals surface area contributed by atoms with Crippen molar-refractivity contribution in [3.8, 4) is 0 Å². The summed E-state index contributed by atoms with van der Waals surface area (Å²) >= 11 is 0. The van der Waals surface area contributed by atoms with Crippen molar-refractivity contribution in [2.75, 3.05) is 26.2 Å². The van der Waals surface area contributed by atoms with E-state index in [-0.39, 0.29) is 36.4 Å². The molecule has 5 rings (SSSR count). The van der Waals surface area contributed by atoms with Crippen molar-refractivity contribution >= 4 is 17.9 Å². The van der Waals surface area contributed by atoms with E-state index in [0.717, 1.165) is 24.8 Å². The lowest BCUT2D eigenvalue weighted by atomic mass is 9.90. The Labute approximate surface area is 205 Å². The first-order chi connectivity index (χ1) is 16.7. The van der Waals surface area contributed by atoms with Crippen molar-refractivity contribution in [1.82, 2.24) is 14.7 Å². The van der Waals surface area contributed by atoms with Crippen LogP contribution in [0.4, 0.5) is 4.79 Å². The number of aliphatic hydroxyl groups excluding tert-OH is 1. The van der Waals surface area contributed by atoms with E-state index in [4.69, 9.17) is 9.47 Å². The number of ether oxygens (including phenoxy) is 2. The summed E-state index contributed by atoms with van der Waals surface area (Å²) in [6.45, 7) is 5.27. The molecule has 1 aromatic carbocycles. The minimum atomic E-state index is -0.956. The van der Waals surface area contributed by atoms with Gasteiger partial charge in [0.15, 0.2) is 5.72 Å². The van der Waals surface area contributed by atoms with E-state index in [1.807, 2.05) is 37.3 Å².